The van der Waals surface area contributed by atoms with E-state index in [2.05, 4.69) is 10.0 Å². The van der Waals surface area contributed by atoms with Crippen LogP contribution >= 0.6 is 0 Å². The molecule has 2 atom stereocenters. The van der Waals surface area contributed by atoms with Gasteiger partial charge in [0, 0.05) is 6.04 Å². The zero-order valence-electron chi connectivity index (χ0n) is 9.55. The van der Waals surface area contributed by atoms with Crippen LogP contribution in [-0.4, -0.2) is 39.5 Å². The molecule has 1 saturated heterocycles. The van der Waals surface area contributed by atoms with Crippen molar-refractivity contribution in [2.45, 2.75) is 32.0 Å². The van der Waals surface area contributed by atoms with Gasteiger partial charge in [-0.05, 0) is 32.9 Å². The Kier molecular flexibility index (Phi) is 4.79. The van der Waals surface area contributed by atoms with Gasteiger partial charge in [-0.3, -0.25) is 0 Å². The molecule has 0 bridgehead atoms. The quantitative estimate of drug-likeness (QED) is 0.802. The van der Waals surface area contributed by atoms with Gasteiger partial charge in [0.25, 0.3) is 0 Å². The van der Waals surface area contributed by atoms with Crippen LogP contribution in [-0.2, 0) is 10.0 Å². The van der Waals surface area contributed by atoms with Gasteiger partial charge in [0.2, 0.25) is 10.0 Å². The molecule has 8 heteroatoms. The van der Waals surface area contributed by atoms with E-state index in [9.17, 15) is 21.6 Å². The summed E-state index contributed by atoms with van der Waals surface area (Å²) >= 11 is 0. The molecule has 1 rings (SSSR count). The van der Waals surface area contributed by atoms with Crippen LogP contribution in [0.1, 0.15) is 19.8 Å². The van der Waals surface area contributed by atoms with Gasteiger partial charge >= 0.3 is 6.18 Å². The lowest BCUT2D eigenvalue weighted by molar-refractivity contribution is -0.181. The number of sulfonamides is 1. The summed E-state index contributed by atoms with van der Waals surface area (Å²) in [5, 5.41) is 2.85. The van der Waals surface area contributed by atoms with Crippen LogP contribution in [0.4, 0.5) is 13.2 Å². The van der Waals surface area contributed by atoms with E-state index in [0.29, 0.717) is 6.54 Å². The van der Waals surface area contributed by atoms with Crippen LogP contribution in [0.25, 0.3) is 0 Å². The predicted octanol–water partition coefficient (Wildman–Crippen LogP) is 0.856. The zero-order chi connectivity index (χ0) is 13.1. The van der Waals surface area contributed by atoms with Crippen molar-refractivity contribution in [2.24, 2.45) is 5.92 Å². The highest BCUT2D eigenvalue weighted by Crippen LogP contribution is 2.33. The van der Waals surface area contributed by atoms with Crippen LogP contribution in [0.15, 0.2) is 0 Å². The minimum absolute atomic E-state index is 0.0968. The largest absolute Gasteiger partial charge is 0.393 e. The summed E-state index contributed by atoms with van der Waals surface area (Å²) in [5.74, 6) is -1.82. The molecular weight excluding hydrogens is 257 g/mol. The van der Waals surface area contributed by atoms with Crippen LogP contribution < -0.4 is 10.0 Å². The molecule has 1 aliphatic rings. The molecule has 1 heterocycles. The monoisotopic (exact) mass is 274 g/mol. The fourth-order valence-electron chi connectivity index (χ4n) is 1.89. The first-order valence-corrected chi connectivity index (χ1v) is 7.19. The Morgan fingerprint density at radius 1 is 1.29 bits per heavy atom. The highest BCUT2D eigenvalue weighted by Gasteiger charge is 2.45. The maximum atomic E-state index is 12.8. The molecule has 17 heavy (non-hydrogen) atoms. The van der Waals surface area contributed by atoms with E-state index in [4.69, 9.17) is 0 Å². The predicted molar refractivity (Wildman–Crippen MR) is 58.0 cm³/mol. The topological polar surface area (TPSA) is 58.2 Å². The first-order valence-electron chi connectivity index (χ1n) is 5.53. The number of alkyl halides is 3. The first-order chi connectivity index (χ1) is 7.76. The second-order valence-electron chi connectivity index (χ2n) is 4.10. The van der Waals surface area contributed by atoms with Gasteiger partial charge in [0.1, 0.15) is 0 Å². The SMILES string of the molecule is CCS(=O)(=O)NC1CCNCCC1C(F)(F)F. The molecule has 0 aliphatic carbocycles. The van der Waals surface area contributed by atoms with E-state index in [1.54, 1.807) is 0 Å². The van der Waals surface area contributed by atoms with E-state index in [1.165, 1.54) is 6.92 Å². The number of rotatable bonds is 3. The van der Waals surface area contributed by atoms with Gasteiger partial charge in [-0.15, -0.1) is 0 Å². The van der Waals surface area contributed by atoms with Gasteiger partial charge < -0.3 is 5.32 Å². The van der Waals surface area contributed by atoms with Crippen molar-refractivity contribution in [3.05, 3.63) is 0 Å². The summed E-state index contributed by atoms with van der Waals surface area (Å²) in [7, 11) is -3.61. The Morgan fingerprint density at radius 2 is 1.88 bits per heavy atom. The van der Waals surface area contributed by atoms with Gasteiger partial charge in [0.05, 0.1) is 11.7 Å². The summed E-state index contributed by atoms with van der Waals surface area (Å²) in [4.78, 5) is 0. The van der Waals surface area contributed by atoms with Crippen molar-refractivity contribution in [2.75, 3.05) is 18.8 Å². The molecule has 1 fully saturated rings. The Morgan fingerprint density at radius 3 is 2.41 bits per heavy atom. The molecule has 0 spiro atoms. The second kappa shape index (κ2) is 5.53. The molecule has 102 valence electrons. The molecule has 0 aromatic rings. The highest BCUT2D eigenvalue weighted by atomic mass is 32.2. The van der Waals surface area contributed by atoms with Crippen LogP contribution in [0, 0.1) is 5.92 Å². The zero-order valence-corrected chi connectivity index (χ0v) is 10.4. The Labute approximate surface area is 99.0 Å². The Hall–Kier alpha value is -0.340. The molecule has 0 radical (unpaired) electrons. The van der Waals surface area contributed by atoms with E-state index >= 15 is 0 Å². The van der Waals surface area contributed by atoms with Crippen LogP contribution in [0.5, 0.6) is 0 Å². The minimum atomic E-state index is -4.37. The van der Waals surface area contributed by atoms with Gasteiger partial charge in [-0.1, -0.05) is 0 Å². The summed E-state index contributed by atoms with van der Waals surface area (Å²) in [6.07, 6.45) is -4.31. The third kappa shape index (κ3) is 4.44. The van der Waals surface area contributed by atoms with Crippen LogP contribution in [0.3, 0.4) is 0 Å². The van der Waals surface area contributed by atoms with Crippen molar-refractivity contribution in [1.29, 1.82) is 0 Å². The number of nitrogens with one attached hydrogen (secondary N) is 2. The van der Waals surface area contributed by atoms with Crippen molar-refractivity contribution in [3.8, 4) is 0 Å². The smallest absolute Gasteiger partial charge is 0.317 e. The third-order valence-corrected chi connectivity index (χ3v) is 4.30. The third-order valence-electron chi connectivity index (χ3n) is 2.88. The summed E-state index contributed by atoms with van der Waals surface area (Å²) < 4.78 is 63.2. The maximum absolute atomic E-state index is 12.8. The van der Waals surface area contributed by atoms with E-state index < -0.39 is 28.2 Å². The van der Waals surface area contributed by atoms with Crippen molar-refractivity contribution >= 4 is 10.0 Å². The van der Waals surface area contributed by atoms with E-state index in [0.717, 1.165) is 0 Å². The minimum Gasteiger partial charge on any atom is -0.317 e. The maximum Gasteiger partial charge on any atom is 0.393 e. The summed E-state index contributed by atoms with van der Waals surface area (Å²) in [6.45, 7) is 2.05. The second-order valence-corrected chi connectivity index (χ2v) is 6.15. The molecular formula is C9H17F3N2O2S. The van der Waals surface area contributed by atoms with E-state index in [1.807, 2.05) is 0 Å². The molecule has 0 amide bonds. The average Bonchev–Trinajstić information content (AvgIpc) is 2.42. The van der Waals surface area contributed by atoms with Gasteiger partial charge in [-0.25, -0.2) is 13.1 Å². The van der Waals surface area contributed by atoms with Crippen molar-refractivity contribution in [1.82, 2.24) is 10.0 Å². The molecule has 0 aromatic heterocycles. The molecule has 2 unspecified atom stereocenters. The molecule has 1 aliphatic heterocycles. The molecule has 2 N–H and O–H groups in total. The Balaban J connectivity index is 2.83. The van der Waals surface area contributed by atoms with Crippen LogP contribution in [0.2, 0.25) is 0 Å². The number of halogens is 3. The normalized spacial score (nSPS) is 27.8. The van der Waals surface area contributed by atoms with Crippen molar-refractivity contribution < 1.29 is 21.6 Å². The highest BCUT2D eigenvalue weighted by molar-refractivity contribution is 7.89. The van der Waals surface area contributed by atoms with Gasteiger partial charge in [0.15, 0.2) is 0 Å². The van der Waals surface area contributed by atoms with Crippen molar-refractivity contribution in [3.63, 3.8) is 0 Å². The number of hydrogen-bond donors (Lipinski definition) is 2. The summed E-state index contributed by atoms with van der Waals surface area (Å²) in [6, 6.07) is -1.06. The molecule has 4 nitrogen and oxygen atoms in total. The van der Waals surface area contributed by atoms with E-state index in [-0.39, 0.29) is 25.1 Å². The lowest BCUT2D eigenvalue weighted by atomic mass is 9.95. The van der Waals surface area contributed by atoms with Gasteiger partial charge in [-0.2, -0.15) is 13.2 Å². The lowest BCUT2D eigenvalue weighted by Gasteiger charge is -2.27. The standard InChI is InChI=1S/C9H17F3N2O2S/c1-2-17(15,16)14-8-4-6-13-5-3-7(8)9(10,11)12/h7-8,13-14H,2-6H2,1H3. The number of hydrogen-bond acceptors (Lipinski definition) is 3. The summed E-state index contributed by atoms with van der Waals surface area (Å²) in [5.41, 5.74) is 0. The first kappa shape index (κ1) is 14.7. The average molecular weight is 274 g/mol. The fourth-order valence-corrected chi connectivity index (χ4v) is 2.80. The lowest BCUT2D eigenvalue weighted by Crippen LogP contribution is -2.46. The fraction of sp³-hybridized carbons (Fsp3) is 1.00. The molecule has 0 saturated carbocycles. The Bertz CT molecular complexity index is 343. The molecule has 0 aromatic carbocycles.